The van der Waals surface area contributed by atoms with Crippen molar-refractivity contribution in [3.8, 4) is 0 Å². The lowest BCUT2D eigenvalue weighted by Crippen LogP contribution is -2.42. The van der Waals surface area contributed by atoms with E-state index in [9.17, 15) is 4.79 Å². The largest absolute Gasteiger partial charge is 0.370 e. The number of hydrogen-bond acceptors (Lipinski definition) is 2. The third-order valence-electron chi connectivity index (χ3n) is 5.82. The highest BCUT2D eigenvalue weighted by atomic mass is 16.1. The molecule has 3 nitrogen and oxygen atoms in total. The summed E-state index contributed by atoms with van der Waals surface area (Å²) in [6.07, 6.45) is 6.84. The van der Waals surface area contributed by atoms with E-state index >= 15 is 0 Å². The molecule has 0 unspecified atom stereocenters. The highest BCUT2D eigenvalue weighted by Crippen LogP contribution is 2.39. The molecule has 2 fully saturated rings. The van der Waals surface area contributed by atoms with Crippen molar-refractivity contribution in [3.63, 3.8) is 0 Å². The number of amides is 1. The fourth-order valence-corrected chi connectivity index (χ4v) is 4.46. The molecule has 0 spiro atoms. The van der Waals surface area contributed by atoms with Gasteiger partial charge >= 0.3 is 0 Å². The number of piperidine rings is 1. The van der Waals surface area contributed by atoms with E-state index in [1.54, 1.807) is 0 Å². The molecule has 1 N–H and O–H groups in total. The first-order valence-corrected chi connectivity index (χ1v) is 9.51. The lowest BCUT2D eigenvalue weighted by Gasteiger charge is -2.42. The molecule has 2 aromatic rings. The molecule has 130 valence electrons. The molecule has 1 aliphatic heterocycles. The first-order valence-electron chi connectivity index (χ1n) is 9.51. The van der Waals surface area contributed by atoms with E-state index < -0.39 is 0 Å². The van der Waals surface area contributed by atoms with Crippen LogP contribution in [0.5, 0.6) is 0 Å². The van der Waals surface area contributed by atoms with Gasteiger partial charge in [-0.3, -0.25) is 4.79 Å². The van der Waals surface area contributed by atoms with Crippen molar-refractivity contribution < 1.29 is 4.79 Å². The minimum absolute atomic E-state index is 0.0411. The van der Waals surface area contributed by atoms with Crippen LogP contribution in [0.1, 0.15) is 42.5 Å². The van der Waals surface area contributed by atoms with E-state index in [4.69, 9.17) is 0 Å². The van der Waals surface area contributed by atoms with Gasteiger partial charge in [-0.15, -0.1) is 0 Å². The van der Waals surface area contributed by atoms with Crippen molar-refractivity contribution in [1.82, 2.24) is 0 Å². The Morgan fingerprint density at radius 1 is 0.880 bits per heavy atom. The molecule has 0 aromatic heterocycles. The van der Waals surface area contributed by atoms with Gasteiger partial charge in [0.1, 0.15) is 0 Å². The number of nitrogens with zero attached hydrogens (tertiary/aromatic N) is 1. The molecule has 1 saturated carbocycles. The number of anilines is 2. The third kappa shape index (κ3) is 3.55. The average molecular weight is 334 g/mol. The van der Waals surface area contributed by atoms with Crippen molar-refractivity contribution in [2.24, 2.45) is 11.8 Å². The predicted molar refractivity (Wildman–Crippen MR) is 103 cm³/mol. The first kappa shape index (κ1) is 16.2. The zero-order valence-corrected chi connectivity index (χ0v) is 14.7. The highest BCUT2D eigenvalue weighted by molar-refractivity contribution is 6.05. The fraction of sp³-hybridized carbons (Fsp3) is 0.409. The molecule has 1 heterocycles. The van der Waals surface area contributed by atoms with Gasteiger partial charge in [-0.25, -0.2) is 0 Å². The van der Waals surface area contributed by atoms with E-state index in [0.29, 0.717) is 5.56 Å². The molecule has 1 saturated heterocycles. The van der Waals surface area contributed by atoms with E-state index in [-0.39, 0.29) is 5.91 Å². The van der Waals surface area contributed by atoms with Crippen molar-refractivity contribution in [1.29, 1.82) is 0 Å². The Balaban J connectivity index is 1.52. The number of para-hydroxylation sites is 2. The summed E-state index contributed by atoms with van der Waals surface area (Å²) >= 11 is 0. The third-order valence-corrected chi connectivity index (χ3v) is 5.82. The van der Waals surface area contributed by atoms with Crippen LogP contribution in [0.3, 0.4) is 0 Å². The van der Waals surface area contributed by atoms with Crippen LogP contribution in [0, 0.1) is 11.8 Å². The van der Waals surface area contributed by atoms with Gasteiger partial charge in [-0.2, -0.15) is 0 Å². The van der Waals surface area contributed by atoms with Gasteiger partial charge in [0, 0.05) is 18.7 Å². The number of rotatable bonds is 3. The summed E-state index contributed by atoms with van der Waals surface area (Å²) in [5, 5.41) is 3.12. The number of carbonyl (C=O) groups excluding carboxylic acids is 1. The fourth-order valence-electron chi connectivity index (χ4n) is 4.46. The molecule has 0 bridgehead atoms. The maximum atomic E-state index is 12.5. The molecule has 3 heteroatoms. The monoisotopic (exact) mass is 334 g/mol. The molecule has 0 radical (unpaired) electrons. The Hall–Kier alpha value is -2.29. The van der Waals surface area contributed by atoms with Crippen LogP contribution in [0.15, 0.2) is 54.6 Å². The average Bonchev–Trinajstić information content (AvgIpc) is 2.69. The van der Waals surface area contributed by atoms with Crippen LogP contribution in [0.25, 0.3) is 0 Å². The van der Waals surface area contributed by atoms with Gasteiger partial charge in [-0.05, 0) is 48.9 Å². The van der Waals surface area contributed by atoms with Crippen LogP contribution >= 0.6 is 0 Å². The predicted octanol–water partition coefficient (Wildman–Crippen LogP) is 4.96. The minimum atomic E-state index is -0.0411. The van der Waals surface area contributed by atoms with Gasteiger partial charge < -0.3 is 10.2 Å². The highest BCUT2D eigenvalue weighted by Gasteiger charge is 2.31. The number of hydrogen-bond donors (Lipinski definition) is 1. The summed E-state index contributed by atoms with van der Waals surface area (Å²) in [7, 11) is 0. The van der Waals surface area contributed by atoms with Crippen LogP contribution in [0.2, 0.25) is 0 Å². The van der Waals surface area contributed by atoms with Crippen LogP contribution < -0.4 is 10.2 Å². The Kier molecular flexibility index (Phi) is 4.73. The summed E-state index contributed by atoms with van der Waals surface area (Å²) in [6, 6.07) is 17.7. The van der Waals surface area contributed by atoms with E-state index in [1.807, 2.05) is 42.5 Å². The number of fused-ring (bicyclic) bond motifs is 1. The maximum absolute atomic E-state index is 12.5. The first-order chi connectivity index (χ1) is 12.3. The van der Waals surface area contributed by atoms with Gasteiger partial charge in [0.05, 0.1) is 11.4 Å². The van der Waals surface area contributed by atoms with Crippen molar-refractivity contribution in [2.45, 2.75) is 32.1 Å². The van der Waals surface area contributed by atoms with Crippen LogP contribution in [-0.2, 0) is 0 Å². The summed E-state index contributed by atoms with van der Waals surface area (Å²) in [5.74, 6) is 1.69. The molecule has 2 aromatic carbocycles. The second-order valence-corrected chi connectivity index (χ2v) is 7.38. The zero-order chi connectivity index (χ0) is 17.1. The molecule has 2 atom stereocenters. The Labute approximate surface area is 150 Å². The summed E-state index contributed by atoms with van der Waals surface area (Å²) in [6.45, 7) is 2.22. The molecule has 25 heavy (non-hydrogen) atoms. The lowest BCUT2D eigenvalue weighted by atomic mass is 9.75. The van der Waals surface area contributed by atoms with Gasteiger partial charge in [-0.1, -0.05) is 49.6 Å². The molecule has 1 amide bonds. The smallest absolute Gasteiger partial charge is 0.255 e. The van der Waals surface area contributed by atoms with Gasteiger partial charge in [0.25, 0.3) is 5.91 Å². The summed E-state index contributed by atoms with van der Waals surface area (Å²) in [5.41, 5.74) is 2.78. The summed E-state index contributed by atoms with van der Waals surface area (Å²) in [4.78, 5) is 15.0. The van der Waals surface area contributed by atoms with Gasteiger partial charge in [0.2, 0.25) is 0 Å². The maximum Gasteiger partial charge on any atom is 0.255 e. The molecule has 4 rings (SSSR count). The van der Waals surface area contributed by atoms with Gasteiger partial charge in [0.15, 0.2) is 0 Å². The van der Waals surface area contributed by atoms with E-state index in [1.165, 1.54) is 32.1 Å². The minimum Gasteiger partial charge on any atom is -0.370 e. The van der Waals surface area contributed by atoms with E-state index in [0.717, 1.165) is 36.3 Å². The second kappa shape index (κ2) is 7.30. The number of nitrogens with one attached hydrogen (secondary N) is 1. The van der Waals surface area contributed by atoms with Crippen molar-refractivity contribution in [2.75, 3.05) is 23.3 Å². The quantitative estimate of drug-likeness (QED) is 0.861. The molecule has 2 aliphatic rings. The molecule has 1 aliphatic carbocycles. The Morgan fingerprint density at radius 3 is 2.44 bits per heavy atom. The standard InChI is InChI=1S/C22H26N2O/c25-22(18-9-2-1-3-10-18)23-20-12-6-7-13-21(20)24-15-14-17-8-4-5-11-19(17)16-24/h1-3,6-7,9-10,12-13,17,19H,4-5,8,11,14-16H2,(H,23,25)/t17-,19-/m0/s1. The summed E-state index contributed by atoms with van der Waals surface area (Å²) < 4.78 is 0. The second-order valence-electron chi connectivity index (χ2n) is 7.38. The lowest BCUT2D eigenvalue weighted by molar-refractivity contribution is 0.102. The van der Waals surface area contributed by atoms with Crippen LogP contribution in [0.4, 0.5) is 11.4 Å². The van der Waals surface area contributed by atoms with Crippen LogP contribution in [-0.4, -0.2) is 19.0 Å². The normalized spacial score (nSPS) is 23.0. The Morgan fingerprint density at radius 2 is 1.60 bits per heavy atom. The number of benzene rings is 2. The SMILES string of the molecule is O=C(Nc1ccccc1N1CC[C@@H]2CCCC[C@H]2C1)c1ccccc1. The van der Waals surface area contributed by atoms with E-state index in [2.05, 4.69) is 22.3 Å². The zero-order valence-electron chi connectivity index (χ0n) is 14.7. The van der Waals surface area contributed by atoms with Crippen molar-refractivity contribution in [3.05, 3.63) is 60.2 Å². The molecular formula is C22H26N2O. The molecular weight excluding hydrogens is 308 g/mol. The number of carbonyl (C=O) groups is 1. The van der Waals surface area contributed by atoms with Crippen molar-refractivity contribution >= 4 is 17.3 Å². The topological polar surface area (TPSA) is 32.3 Å². The Bertz CT molecular complexity index is 728.